The van der Waals surface area contributed by atoms with Crippen LogP contribution in [-0.4, -0.2) is 43.7 Å². The normalized spacial score (nSPS) is 15.0. The lowest BCUT2D eigenvalue weighted by Gasteiger charge is -2.26. The zero-order chi connectivity index (χ0) is 18.4. The van der Waals surface area contributed by atoms with Gasteiger partial charge in [0.25, 0.3) is 5.91 Å². The van der Waals surface area contributed by atoms with E-state index in [4.69, 9.17) is 27.9 Å². The molecule has 0 aromatic heterocycles. The molecule has 0 saturated carbocycles. The van der Waals surface area contributed by atoms with Crippen LogP contribution in [0.1, 0.15) is 21.5 Å². The van der Waals surface area contributed by atoms with Crippen LogP contribution in [0.5, 0.6) is 0 Å². The molecule has 0 bridgehead atoms. The minimum Gasteiger partial charge on any atom is -0.379 e. The van der Waals surface area contributed by atoms with Crippen molar-refractivity contribution < 1.29 is 9.53 Å². The number of nitrogens with zero attached hydrogens (tertiary/aromatic N) is 1. The van der Waals surface area contributed by atoms with Crippen molar-refractivity contribution in [3.63, 3.8) is 0 Å². The van der Waals surface area contributed by atoms with Crippen molar-refractivity contribution in [1.82, 2.24) is 10.2 Å². The Morgan fingerprint density at radius 1 is 1.04 bits per heavy atom. The molecule has 1 amide bonds. The summed E-state index contributed by atoms with van der Waals surface area (Å²) in [6.45, 7) is 4.77. The fourth-order valence-electron chi connectivity index (χ4n) is 3.01. The SMILES string of the molecule is O=C(NCCc1cc(Cl)cc(Cl)c1)c1cccc(CN2CCOCC2)c1. The molecule has 1 saturated heterocycles. The zero-order valence-corrected chi connectivity index (χ0v) is 16.0. The average Bonchev–Trinajstić information content (AvgIpc) is 2.62. The first kappa shape index (κ1) is 19.2. The number of hydrogen-bond acceptors (Lipinski definition) is 3. The molecule has 26 heavy (non-hydrogen) atoms. The third-order valence-electron chi connectivity index (χ3n) is 4.32. The molecule has 1 fully saturated rings. The average molecular weight is 393 g/mol. The van der Waals surface area contributed by atoms with E-state index < -0.39 is 0 Å². The summed E-state index contributed by atoms with van der Waals surface area (Å²) in [5.74, 6) is -0.0676. The highest BCUT2D eigenvalue weighted by Crippen LogP contribution is 2.19. The molecule has 1 aliphatic rings. The van der Waals surface area contributed by atoms with E-state index in [1.807, 2.05) is 30.3 Å². The lowest BCUT2D eigenvalue weighted by molar-refractivity contribution is 0.0342. The van der Waals surface area contributed by atoms with E-state index in [9.17, 15) is 4.79 Å². The zero-order valence-electron chi connectivity index (χ0n) is 14.5. The maximum atomic E-state index is 12.4. The third kappa shape index (κ3) is 5.71. The monoisotopic (exact) mass is 392 g/mol. The fraction of sp³-hybridized carbons (Fsp3) is 0.350. The maximum absolute atomic E-state index is 12.4. The molecule has 138 valence electrons. The molecule has 0 unspecified atom stereocenters. The molecule has 0 spiro atoms. The van der Waals surface area contributed by atoms with Crippen LogP contribution in [-0.2, 0) is 17.7 Å². The molecule has 4 nitrogen and oxygen atoms in total. The summed E-state index contributed by atoms with van der Waals surface area (Å²) in [7, 11) is 0. The molecular weight excluding hydrogens is 371 g/mol. The number of carbonyl (C=O) groups is 1. The molecular formula is C20H22Cl2N2O2. The van der Waals surface area contributed by atoms with Gasteiger partial charge in [0.1, 0.15) is 0 Å². The third-order valence-corrected chi connectivity index (χ3v) is 4.76. The van der Waals surface area contributed by atoms with E-state index in [-0.39, 0.29) is 5.91 Å². The van der Waals surface area contributed by atoms with Crippen LogP contribution in [0.15, 0.2) is 42.5 Å². The lowest BCUT2D eigenvalue weighted by atomic mass is 10.1. The van der Waals surface area contributed by atoms with Gasteiger partial charge in [0.15, 0.2) is 0 Å². The van der Waals surface area contributed by atoms with Gasteiger partial charge in [-0.25, -0.2) is 0 Å². The summed E-state index contributed by atoms with van der Waals surface area (Å²) in [5, 5.41) is 4.17. The molecule has 1 N–H and O–H groups in total. The highest BCUT2D eigenvalue weighted by atomic mass is 35.5. The molecule has 1 heterocycles. The van der Waals surface area contributed by atoms with Crippen molar-refractivity contribution in [1.29, 1.82) is 0 Å². The Kier molecular flexibility index (Phi) is 6.92. The second-order valence-corrected chi connectivity index (χ2v) is 7.25. The molecule has 0 aliphatic carbocycles. The van der Waals surface area contributed by atoms with Gasteiger partial charge in [-0.2, -0.15) is 0 Å². The van der Waals surface area contributed by atoms with E-state index in [1.54, 1.807) is 6.07 Å². The summed E-state index contributed by atoms with van der Waals surface area (Å²) in [4.78, 5) is 14.8. The van der Waals surface area contributed by atoms with Gasteiger partial charge in [-0.1, -0.05) is 35.3 Å². The number of benzene rings is 2. The van der Waals surface area contributed by atoms with Crippen LogP contribution in [0.3, 0.4) is 0 Å². The van der Waals surface area contributed by atoms with Crippen LogP contribution < -0.4 is 5.32 Å². The smallest absolute Gasteiger partial charge is 0.251 e. The predicted octanol–water partition coefficient (Wildman–Crippen LogP) is 3.80. The van der Waals surface area contributed by atoms with Crippen molar-refractivity contribution in [3.8, 4) is 0 Å². The topological polar surface area (TPSA) is 41.6 Å². The van der Waals surface area contributed by atoms with Gasteiger partial charge in [-0.15, -0.1) is 0 Å². The van der Waals surface area contributed by atoms with Gasteiger partial charge in [0.2, 0.25) is 0 Å². The highest BCUT2D eigenvalue weighted by molar-refractivity contribution is 6.34. The Bertz CT molecular complexity index is 741. The molecule has 0 radical (unpaired) electrons. The number of ether oxygens (including phenoxy) is 1. The second kappa shape index (κ2) is 9.38. The van der Waals surface area contributed by atoms with E-state index >= 15 is 0 Å². The number of amides is 1. The largest absolute Gasteiger partial charge is 0.379 e. The van der Waals surface area contributed by atoms with Crippen molar-refractivity contribution in [2.75, 3.05) is 32.8 Å². The van der Waals surface area contributed by atoms with Crippen molar-refractivity contribution in [2.24, 2.45) is 0 Å². The van der Waals surface area contributed by atoms with Crippen molar-refractivity contribution in [2.45, 2.75) is 13.0 Å². The molecule has 1 aliphatic heterocycles. The van der Waals surface area contributed by atoms with E-state index in [2.05, 4.69) is 16.3 Å². The Hall–Kier alpha value is -1.59. The van der Waals surface area contributed by atoms with Gasteiger partial charge >= 0.3 is 0 Å². The highest BCUT2D eigenvalue weighted by Gasteiger charge is 2.12. The van der Waals surface area contributed by atoms with E-state index in [0.29, 0.717) is 28.6 Å². The van der Waals surface area contributed by atoms with Gasteiger partial charge in [-0.05, 0) is 47.9 Å². The van der Waals surface area contributed by atoms with Crippen LogP contribution >= 0.6 is 23.2 Å². The van der Waals surface area contributed by atoms with Gasteiger partial charge in [0, 0.05) is 41.8 Å². The quantitative estimate of drug-likeness (QED) is 0.812. The number of hydrogen-bond donors (Lipinski definition) is 1. The first-order valence-electron chi connectivity index (χ1n) is 8.72. The standard InChI is InChI=1S/C20H22Cl2N2O2/c21-18-11-15(12-19(22)13-18)4-5-23-20(25)17-3-1-2-16(10-17)14-24-6-8-26-9-7-24/h1-3,10-13H,4-9,14H2,(H,23,25). The van der Waals surface area contributed by atoms with Gasteiger partial charge in [0.05, 0.1) is 13.2 Å². The van der Waals surface area contributed by atoms with Crippen LogP contribution in [0, 0.1) is 0 Å². The number of carbonyl (C=O) groups excluding carboxylic acids is 1. The fourth-order valence-corrected chi connectivity index (χ4v) is 3.58. The van der Waals surface area contributed by atoms with Crippen molar-refractivity contribution in [3.05, 3.63) is 69.2 Å². The second-order valence-electron chi connectivity index (χ2n) is 6.37. The van der Waals surface area contributed by atoms with E-state index in [0.717, 1.165) is 44.0 Å². The maximum Gasteiger partial charge on any atom is 0.251 e. The molecule has 3 rings (SSSR count). The predicted molar refractivity (Wildman–Crippen MR) is 105 cm³/mol. The number of morpholine rings is 1. The first-order valence-corrected chi connectivity index (χ1v) is 9.48. The molecule has 2 aromatic carbocycles. The summed E-state index contributed by atoms with van der Waals surface area (Å²) >= 11 is 12.0. The van der Waals surface area contributed by atoms with Crippen LogP contribution in [0.25, 0.3) is 0 Å². The minimum atomic E-state index is -0.0676. The molecule has 2 aromatic rings. The Morgan fingerprint density at radius 2 is 1.77 bits per heavy atom. The number of nitrogens with one attached hydrogen (secondary N) is 1. The minimum absolute atomic E-state index is 0.0676. The molecule has 0 atom stereocenters. The summed E-state index contributed by atoms with van der Waals surface area (Å²) in [6, 6.07) is 13.2. The Balaban J connectivity index is 1.53. The van der Waals surface area contributed by atoms with E-state index in [1.165, 1.54) is 0 Å². The first-order chi connectivity index (χ1) is 12.6. The summed E-state index contributed by atoms with van der Waals surface area (Å²) in [5.41, 5.74) is 2.82. The van der Waals surface area contributed by atoms with Crippen molar-refractivity contribution >= 4 is 29.1 Å². The van der Waals surface area contributed by atoms with Crippen LogP contribution in [0.2, 0.25) is 10.0 Å². The lowest BCUT2D eigenvalue weighted by Crippen LogP contribution is -2.35. The Labute approximate surface area is 164 Å². The summed E-state index contributed by atoms with van der Waals surface area (Å²) in [6.07, 6.45) is 0.680. The summed E-state index contributed by atoms with van der Waals surface area (Å²) < 4.78 is 5.37. The number of halogens is 2. The molecule has 6 heteroatoms. The van der Waals surface area contributed by atoms with Gasteiger partial charge < -0.3 is 10.1 Å². The van der Waals surface area contributed by atoms with Gasteiger partial charge in [-0.3, -0.25) is 9.69 Å². The van der Waals surface area contributed by atoms with Crippen LogP contribution in [0.4, 0.5) is 0 Å². The Morgan fingerprint density at radius 3 is 2.50 bits per heavy atom. The number of rotatable bonds is 6.